The summed E-state index contributed by atoms with van der Waals surface area (Å²) in [5, 5.41) is 22.4. The van der Waals surface area contributed by atoms with Crippen LogP contribution in [0.3, 0.4) is 0 Å². The Morgan fingerprint density at radius 2 is 1.75 bits per heavy atom. The molecule has 1 aliphatic rings. The minimum Gasteiger partial charge on any atom is -0.337 e. The highest BCUT2D eigenvalue weighted by Crippen LogP contribution is 2.42. The number of aliphatic hydroxyl groups is 1. The normalized spacial score (nSPS) is 29.0. The lowest BCUT2D eigenvalue weighted by molar-refractivity contribution is -0.237. The van der Waals surface area contributed by atoms with E-state index in [0.29, 0.717) is 18.9 Å². The van der Waals surface area contributed by atoms with Crippen LogP contribution in [0.2, 0.25) is 0 Å². The third-order valence-electron chi connectivity index (χ3n) is 3.84. The lowest BCUT2D eigenvalue weighted by Crippen LogP contribution is -2.66. The van der Waals surface area contributed by atoms with Crippen LogP contribution in [0.15, 0.2) is 30.3 Å². The highest BCUT2D eigenvalue weighted by Gasteiger charge is 2.53. The molecule has 3 heteroatoms. The molecule has 0 bridgehead atoms. The van der Waals surface area contributed by atoms with Crippen molar-refractivity contribution < 1.29 is 10.3 Å². The van der Waals surface area contributed by atoms with Gasteiger partial charge in [-0.1, -0.05) is 39.8 Å². The average molecular weight is 276 g/mol. The smallest absolute Gasteiger partial charge is 0.255 e. The predicted octanol–water partition coefficient (Wildman–Crippen LogP) is 3.80. The van der Waals surface area contributed by atoms with Crippen molar-refractivity contribution in [3.8, 4) is 0 Å². The minimum atomic E-state index is -1.26. The number of hydrogen-bond acceptors (Lipinski definition) is 2. The second-order valence-corrected chi connectivity index (χ2v) is 6.71. The fourth-order valence-corrected chi connectivity index (χ4v) is 3.13. The van der Waals surface area contributed by atoms with Gasteiger partial charge < -0.3 is 5.11 Å². The highest BCUT2D eigenvalue weighted by molar-refractivity contribution is 5.69. The van der Waals surface area contributed by atoms with Gasteiger partial charge in [-0.25, -0.2) is 5.21 Å². The zero-order valence-electron chi connectivity index (χ0n) is 12.9. The molecule has 1 aromatic rings. The summed E-state index contributed by atoms with van der Waals surface area (Å²) in [7, 11) is 0. The first kappa shape index (κ1) is 15.2. The number of hydroxylamine groups is 2. The molecule has 0 amide bonds. The molecule has 2 atom stereocenters. The minimum absolute atomic E-state index is 0.276. The molecular formula is C17H26NO2+. The molecule has 0 radical (unpaired) electrons. The third kappa shape index (κ3) is 2.53. The first-order valence-electron chi connectivity index (χ1n) is 7.40. The fourth-order valence-electron chi connectivity index (χ4n) is 3.13. The summed E-state index contributed by atoms with van der Waals surface area (Å²) in [5.74, 6) is 0.574. The molecule has 1 aliphatic heterocycles. The van der Waals surface area contributed by atoms with Crippen LogP contribution in [0.4, 0.5) is 5.69 Å². The van der Waals surface area contributed by atoms with Crippen LogP contribution in [0.25, 0.3) is 6.08 Å². The van der Waals surface area contributed by atoms with Gasteiger partial charge in [-0.15, -0.1) is 4.65 Å². The van der Waals surface area contributed by atoms with E-state index in [2.05, 4.69) is 27.7 Å². The number of nitrogens with zero attached hydrogens (tertiary/aromatic N) is 1. The van der Waals surface area contributed by atoms with Gasteiger partial charge in [-0.3, -0.25) is 0 Å². The van der Waals surface area contributed by atoms with Crippen LogP contribution in [-0.4, -0.2) is 22.6 Å². The molecule has 0 fully saturated rings. The zero-order valence-corrected chi connectivity index (χ0v) is 12.9. The van der Waals surface area contributed by atoms with Gasteiger partial charge in [0.25, 0.3) is 5.72 Å². The van der Waals surface area contributed by atoms with Crippen LogP contribution in [0, 0.1) is 11.8 Å². The molecule has 2 rings (SSSR count). The summed E-state index contributed by atoms with van der Waals surface area (Å²) in [6, 6.07) is 7.75. The van der Waals surface area contributed by atoms with Crippen LogP contribution in [0.1, 0.15) is 39.7 Å². The molecule has 0 saturated heterocycles. The molecule has 1 aromatic carbocycles. The summed E-state index contributed by atoms with van der Waals surface area (Å²) in [6.45, 7) is 8.74. The Hall–Kier alpha value is -1.16. The number of fused-ring (bicyclic) bond motifs is 1. The maximum atomic E-state index is 11.3. The van der Waals surface area contributed by atoms with Gasteiger partial charge in [0.05, 0.1) is 0 Å². The highest BCUT2D eigenvalue weighted by atomic mass is 16.6. The van der Waals surface area contributed by atoms with Gasteiger partial charge in [0.1, 0.15) is 6.54 Å². The van der Waals surface area contributed by atoms with E-state index < -0.39 is 10.4 Å². The number of hydrogen-bond donors (Lipinski definition) is 2. The molecule has 110 valence electrons. The van der Waals surface area contributed by atoms with Crippen molar-refractivity contribution in [2.45, 2.75) is 39.8 Å². The lowest BCUT2D eigenvalue weighted by Gasteiger charge is -2.45. The zero-order chi connectivity index (χ0) is 15.0. The molecular weight excluding hydrogens is 250 g/mol. The molecule has 0 spiro atoms. The first-order valence-corrected chi connectivity index (χ1v) is 7.40. The van der Waals surface area contributed by atoms with Crippen molar-refractivity contribution in [1.29, 1.82) is 0 Å². The van der Waals surface area contributed by atoms with Gasteiger partial charge >= 0.3 is 0 Å². The van der Waals surface area contributed by atoms with Crippen molar-refractivity contribution in [3.05, 3.63) is 35.9 Å². The van der Waals surface area contributed by atoms with E-state index in [0.717, 1.165) is 11.3 Å². The van der Waals surface area contributed by atoms with Gasteiger partial charge in [0.15, 0.2) is 5.69 Å². The summed E-state index contributed by atoms with van der Waals surface area (Å²) >= 11 is 0. The molecule has 0 aliphatic carbocycles. The predicted molar refractivity (Wildman–Crippen MR) is 83.2 cm³/mol. The lowest BCUT2D eigenvalue weighted by atomic mass is 9.91. The Bertz CT molecular complexity index is 509. The standard InChI is InChI=1S/C17H26NO2/c1-13(2)11-17(19)10-9-15-7-5-6-8-16(15)18(17,20)12-14(3)4/h5-10,13-14,19-20H,11-12H2,1-4H3/q+1. The van der Waals surface area contributed by atoms with E-state index in [4.69, 9.17) is 0 Å². The van der Waals surface area contributed by atoms with Crippen molar-refractivity contribution in [2.75, 3.05) is 6.54 Å². The van der Waals surface area contributed by atoms with Crippen LogP contribution < -0.4 is 4.65 Å². The topological polar surface area (TPSA) is 40.5 Å². The molecule has 1 heterocycles. The Morgan fingerprint density at radius 3 is 2.35 bits per heavy atom. The second-order valence-electron chi connectivity index (χ2n) is 6.71. The van der Waals surface area contributed by atoms with Crippen molar-refractivity contribution in [2.24, 2.45) is 11.8 Å². The summed E-state index contributed by atoms with van der Waals surface area (Å²) < 4.78 is -0.421. The number of para-hydroxylation sites is 1. The maximum absolute atomic E-state index is 11.3. The number of quaternary nitrogens is 1. The van der Waals surface area contributed by atoms with Crippen molar-refractivity contribution in [1.82, 2.24) is 4.65 Å². The van der Waals surface area contributed by atoms with Crippen molar-refractivity contribution in [3.63, 3.8) is 0 Å². The van der Waals surface area contributed by atoms with Gasteiger partial charge in [0.2, 0.25) is 0 Å². The van der Waals surface area contributed by atoms with Gasteiger partial charge in [-0.05, 0) is 18.1 Å². The van der Waals surface area contributed by atoms with Gasteiger partial charge in [0, 0.05) is 30.0 Å². The van der Waals surface area contributed by atoms with E-state index in [1.807, 2.05) is 30.3 Å². The Balaban J connectivity index is 2.55. The molecule has 2 unspecified atom stereocenters. The van der Waals surface area contributed by atoms with Crippen LogP contribution >= 0.6 is 0 Å². The monoisotopic (exact) mass is 276 g/mol. The largest absolute Gasteiger partial charge is 0.337 e. The molecule has 0 saturated carbocycles. The SMILES string of the molecule is CC(C)CC1(O)C=Cc2ccccc2[N+]1(O)CC(C)C. The molecule has 20 heavy (non-hydrogen) atoms. The number of rotatable bonds is 4. The van der Waals surface area contributed by atoms with E-state index >= 15 is 0 Å². The summed E-state index contributed by atoms with van der Waals surface area (Å²) in [6.07, 6.45) is 4.21. The van der Waals surface area contributed by atoms with E-state index in [9.17, 15) is 10.3 Å². The first-order chi connectivity index (χ1) is 9.28. The Morgan fingerprint density at radius 1 is 1.10 bits per heavy atom. The van der Waals surface area contributed by atoms with E-state index in [-0.39, 0.29) is 5.92 Å². The maximum Gasteiger partial charge on any atom is 0.255 e. The Kier molecular flexibility index (Phi) is 4.05. The molecule has 2 N–H and O–H groups in total. The fraction of sp³-hybridized carbons (Fsp3) is 0.529. The molecule has 0 aromatic heterocycles. The van der Waals surface area contributed by atoms with E-state index in [1.54, 1.807) is 6.08 Å². The second kappa shape index (κ2) is 5.32. The average Bonchev–Trinajstić information content (AvgIpc) is 2.33. The third-order valence-corrected chi connectivity index (χ3v) is 3.84. The summed E-state index contributed by atoms with van der Waals surface area (Å²) in [5.41, 5.74) is 0.503. The number of benzene rings is 1. The summed E-state index contributed by atoms with van der Waals surface area (Å²) in [4.78, 5) is 0. The van der Waals surface area contributed by atoms with E-state index in [1.165, 1.54) is 0 Å². The van der Waals surface area contributed by atoms with Crippen LogP contribution in [-0.2, 0) is 0 Å². The quantitative estimate of drug-likeness (QED) is 0.821. The van der Waals surface area contributed by atoms with Crippen molar-refractivity contribution >= 4 is 11.8 Å². The van der Waals surface area contributed by atoms with Crippen LogP contribution in [0.5, 0.6) is 0 Å². The Labute approximate surface area is 121 Å². The van der Waals surface area contributed by atoms with Gasteiger partial charge in [-0.2, -0.15) is 0 Å². The molecule has 3 nitrogen and oxygen atoms in total.